The van der Waals surface area contributed by atoms with Gasteiger partial charge in [0, 0.05) is 50.0 Å². The van der Waals surface area contributed by atoms with Crippen LogP contribution in [0.25, 0.3) is 33.5 Å². The van der Waals surface area contributed by atoms with Crippen LogP contribution in [0.15, 0.2) is 36.7 Å². The van der Waals surface area contributed by atoms with Crippen LogP contribution in [-0.2, 0) is 7.05 Å². The number of aromatic hydroxyl groups is 1. The smallest absolute Gasteiger partial charge is 0.245 e. The van der Waals surface area contributed by atoms with E-state index in [4.69, 9.17) is 0 Å². The maximum atomic E-state index is 10.7. The summed E-state index contributed by atoms with van der Waals surface area (Å²) in [5.74, 6) is 1.53. The van der Waals surface area contributed by atoms with E-state index < -0.39 is 0 Å². The number of phenolic OH excluding ortho intramolecular Hbond substituents is 1. The van der Waals surface area contributed by atoms with E-state index in [-0.39, 0.29) is 30.6 Å². The molecule has 6 rings (SSSR count). The fourth-order valence-corrected chi connectivity index (χ4v) is 4.31. The first-order valence-corrected chi connectivity index (χ1v) is 10.8. The van der Waals surface area contributed by atoms with Gasteiger partial charge in [0.25, 0.3) is 0 Å². The Hall–Kier alpha value is -3.08. The zero-order valence-corrected chi connectivity index (χ0v) is 20.1. The summed E-state index contributed by atoms with van der Waals surface area (Å²) in [7, 11) is 1.76. The fraction of sp³-hybridized carbons (Fsp3) is 0.364. The van der Waals surface area contributed by atoms with Crippen LogP contribution in [0, 0.1) is 5.92 Å². The van der Waals surface area contributed by atoms with Crippen molar-refractivity contribution < 1.29 is 5.11 Å². The van der Waals surface area contributed by atoms with Crippen LogP contribution in [0.1, 0.15) is 12.8 Å². The van der Waals surface area contributed by atoms with Gasteiger partial charge in [-0.15, -0.1) is 40.1 Å². The Morgan fingerprint density at radius 1 is 1.00 bits per heavy atom. The summed E-state index contributed by atoms with van der Waals surface area (Å²) in [6.45, 7) is 2.72. The average Bonchev–Trinajstić information content (AvgIpc) is 3.60. The number of benzene rings is 1. The Kier molecular flexibility index (Phi) is 6.83. The number of nitrogens with one attached hydrogen (secondary N) is 1. The molecule has 34 heavy (non-hydrogen) atoms. The molecule has 2 N–H and O–H groups in total. The quantitative estimate of drug-likeness (QED) is 0.434. The number of fused-ring (bicyclic) bond motifs is 1. The van der Waals surface area contributed by atoms with Crippen molar-refractivity contribution in [3.63, 3.8) is 0 Å². The predicted octanol–water partition coefficient (Wildman–Crippen LogP) is 2.62. The number of aromatic nitrogens is 7. The maximum absolute atomic E-state index is 10.7. The lowest BCUT2D eigenvalue weighted by Gasteiger charge is -2.33. The molecular weight excluding hydrogens is 477 g/mol. The number of pyridine rings is 1. The van der Waals surface area contributed by atoms with Gasteiger partial charge in [0.15, 0.2) is 0 Å². The molecule has 4 heterocycles. The van der Waals surface area contributed by atoms with Crippen molar-refractivity contribution in [2.75, 3.05) is 24.5 Å². The number of hydrogen-bond acceptors (Lipinski definition) is 9. The SMILES string of the molecule is Cl.Cl.Cn1nc2cc(-c3ccc(-c4cnc(N5CCN[C@@H](C6CC6)C5)nn4)c(O)c3)cnc2n1. The van der Waals surface area contributed by atoms with Crippen molar-refractivity contribution in [3.05, 3.63) is 36.7 Å². The minimum Gasteiger partial charge on any atom is -0.507 e. The maximum Gasteiger partial charge on any atom is 0.245 e. The second kappa shape index (κ2) is 9.65. The predicted molar refractivity (Wildman–Crippen MR) is 133 cm³/mol. The van der Waals surface area contributed by atoms with Gasteiger partial charge < -0.3 is 15.3 Å². The lowest BCUT2D eigenvalue weighted by atomic mass is 10.0. The number of anilines is 1. The standard InChI is InChI=1S/C22H23N9O.2ClH/c1-30-28-17-8-15(10-24-21(17)29-30)14-4-5-16(20(32)9-14)18-11-25-22(27-26-18)31-7-6-23-19(12-31)13-2-3-13;;/h4-5,8-11,13,19,23,32H,2-3,6-7,12H2,1H3;2*1H/t19-;;/m1../s1. The van der Waals surface area contributed by atoms with Crippen LogP contribution in [0.3, 0.4) is 0 Å². The average molecular weight is 502 g/mol. The van der Waals surface area contributed by atoms with Crippen LogP contribution in [0.5, 0.6) is 5.75 Å². The van der Waals surface area contributed by atoms with Crippen LogP contribution in [0.4, 0.5) is 5.95 Å². The van der Waals surface area contributed by atoms with Crippen molar-refractivity contribution >= 4 is 41.9 Å². The van der Waals surface area contributed by atoms with Gasteiger partial charge in [0.2, 0.25) is 11.6 Å². The van der Waals surface area contributed by atoms with Crippen molar-refractivity contribution in [3.8, 4) is 28.1 Å². The fourth-order valence-electron chi connectivity index (χ4n) is 4.31. The van der Waals surface area contributed by atoms with E-state index in [1.807, 2.05) is 18.2 Å². The highest BCUT2D eigenvalue weighted by atomic mass is 35.5. The molecule has 1 aliphatic heterocycles. The Morgan fingerprint density at radius 2 is 1.85 bits per heavy atom. The van der Waals surface area contributed by atoms with Crippen LogP contribution >= 0.6 is 24.8 Å². The van der Waals surface area contributed by atoms with E-state index in [1.165, 1.54) is 17.6 Å². The molecule has 0 unspecified atom stereocenters. The first kappa shape index (κ1) is 24.1. The highest BCUT2D eigenvalue weighted by molar-refractivity contribution is 5.85. The van der Waals surface area contributed by atoms with E-state index in [1.54, 1.807) is 25.5 Å². The second-order valence-electron chi connectivity index (χ2n) is 8.48. The number of aryl methyl sites for hydroxylation is 1. The van der Waals surface area contributed by atoms with E-state index in [9.17, 15) is 5.11 Å². The van der Waals surface area contributed by atoms with Gasteiger partial charge in [0.05, 0.1) is 6.20 Å². The van der Waals surface area contributed by atoms with Crippen LogP contribution in [0.2, 0.25) is 0 Å². The first-order chi connectivity index (χ1) is 15.6. The summed E-state index contributed by atoms with van der Waals surface area (Å²) in [5, 5.41) is 31.5. The zero-order valence-electron chi connectivity index (χ0n) is 18.5. The monoisotopic (exact) mass is 501 g/mol. The molecule has 12 heteroatoms. The number of halogens is 2. The molecule has 3 aromatic heterocycles. The van der Waals surface area contributed by atoms with Gasteiger partial charge in [-0.25, -0.2) is 9.97 Å². The largest absolute Gasteiger partial charge is 0.507 e. The molecule has 10 nitrogen and oxygen atoms in total. The molecular formula is C22H25Cl2N9O. The Labute approximate surface area is 208 Å². The first-order valence-electron chi connectivity index (χ1n) is 10.8. The van der Waals surface area contributed by atoms with E-state index in [0.29, 0.717) is 34.4 Å². The van der Waals surface area contributed by atoms with Crippen molar-refractivity contribution in [2.45, 2.75) is 18.9 Å². The summed E-state index contributed by atoms with van der Waals surface area (Å²) < 4.78 is 0. The highest BCUT2D eigenvalue weighted by Gasteiger charge is 2.34. The normalized spacial score (nSPS) is 17.8. The van der Waals surface area contributed by atoms with Crippen molar-refractivity contribution in [1.29, 1.82) is 0 Å². The lowest BCUT2D eigenvalue weighted by molar-refractivity contribution is 0.414. The number of rotatable bonds is 4. The molecule has 4 aromatic rings. The van der Waals surface area contributed by atoms with Gasteiger partial charge >= 0.3 is 0 Å². The number of nitrogens with zero attached hydrogens (tertiary/aromatic N) is 8. The van der Waals surface area contributed by atoms with Gasteiger partial charge in [-0.3, -0.25) is 0 Å². The molecule has 0 bridgehead atoms. The molecule has 0 radical (unpaired) electrons. The Morgan fingerprint density at radius 3 is 2.59 bits per heavy atom. The summed E-state index contributed by atoms with van der Waals surface area (Å²) in [6, 6.07) is 7.85. The molecule has 178 valence electrons. The molecule has 0 amide bonds. The summed E-state index contributed by atoms with van der Waals surface area (Å²) in [4.78, 5) is 12.6. The number of hydrogen-bond donors (Lipinski definition) is 2. The molecule has 2 fully saturated rings. The van der Waals surface area contributed by atoms with E-state index in [0.717, 1.165) is 36.7 Å². The van der Waals surface area contributed by atoms with E-state index >= 15 is 0 Å². The van der Waals surface area contributed by atoms with Crippen LogP contribution < -0.4 is 10.2 Å². The Bertz CT molecular complexity index is 1290. The third-order valence-corrected chi connectivity index (χ3v) is 6.17. The van der Waals surface area contributed by atoms with Crippen molar-refractivity contribution in [2.24, 2.45) is 13.0 Å². The van der Waals surface area contributed by atoms with E-state index in [2.05, 4.69) is 40.6 Å². The lowest BCUT2D eigenvalue weighted by Crippen LogP contribution is -2.52. The van der Waals surface area contributed by atoms with Gasteiger partial charge in [0.1, 0.15) is 17.0 Å². The third-order valence-electron chi connectivity index (χ3n) is 6.17. The zero-order chi connectivity index (χ0) is 21.7. The molecule has 2 aliphatic rings. The molecule has 1 saturated heterocycles. The topological polar surface area (TPSA) is 118 Å². The van der Waals surface area contributed by atoms with Gasteiger partial charge in [-0.1, -0.05) is 6.07 Å². The number of phenols is 1. The third kappa shape index (κ3) is 4.61. The second-order valence-corrected chi connectivity index (χ2v) is 8.48. The highest BCUT2D eigenvalue weighted by Crippen LogP contribution is 2.35. The minimum absolute atomic E-state index is 0. The molecule has 1 saturated carbocycles. The summed E-state index contributed by atoms with van der Waals surface area (Å²) in [6.07, 6.45) is 6.02. The number of piperazine rings is 1. The van der Waals surface area contributed by atoms with Gasteiger partial charge in [-0.2, -0.15) is 9.90 Å². The summed E-state index contributed by atoms with van der Waals surface area (Å²) in [5.41, 5.74) is 4.10. The molecule has 1 atom stereocenters. The molecule has 0 spiro atoms. The minimum atomic E-state index is 0. The summed E-state index contributed by atoms with van der Waals surface area (Å²) >= 11 is 0. The van der Waals surface area contributed by atoms with Gasteiger partial charge in [-0.05, 0) is 42.5 Å². The Balaban J connectivity index is 0.00000137. The van der Waals surface area contributed by atoms with Crippen LogP contribution in [-0.4, -0.2) is 65.9 Å². The van der Waals surface area contributed by atoms with Crippen molar-refractivity contribution in [1.82, 2.24) is 40.5 Å². The molecule has 1 aromatic carbocycles. The molecule has 1 aliphatic carbocycles.